The summed E-state index contributed by atoms with van der Waals surface area (Å²) in [5.41, 5.74) is 1.13. The van der Waals surface area contributed by atoms with E-state index in [-0.39, 0.29) is 17.3 Å². The average molecular weight is 407 g/mol. The van der Waals surface area contributed by atoms with Crippen molar-refractivity contribution < 1.29 is 14.5 Å². The number of nitrogens with one attached hydrogen (secondary N) is 2. The molecule has 0 aliphatic heterocycles. The Labute approximate surface area is 173 Å². The number of benzene rings is 1. The third-order valence-corrected chi connectivity index (χ3v) is 3.80. The van der Waals surface area contributed by atoms with Crippen LogP contribution in [0.15, 0.2) is 60.8 Å². The molecule has 3 rings (SSSR count). The Bertz CT molecular complexity index is 1050. The number of aromatic nitrogens is 2. The van der Waals surface area contributed by atoms with Crippen LogP contribution in [-0.2, 0) is 4.74 Å². The van der Waals surface area contributed by atoms with Gasteiger partial charge in [-0.05, 0) is 39.0 Å². The lowest BCUT2D eigenvalue weighted by atomic mass is 10.1. The summed E-state index contributed by atoms with van der Waals surface area (Å²) in [5.74, 6) is 0.381. The molecule has 0 fully saturated rings. The molecule has 0 spiro atoms. The first-order valence-electron chi connectivity index (χ1n) is 9.15. The van der Waals surface area contributed by atoms with Gasteiger partial charge in [0.25, 0.3) is 0 Å². The number of pyridine rings is 2. The predicted octanol–water partition coefficient (Wildman–Crippen LogP) is 5.14. The fourth-order valence-corrected chi connectivity index (χ4v) is 2.55. The largest absolute Gasteiger partial charge is 0.444 e. The van der Waals surface area contributed by atoms with Crippen molar-refractivity contribution in [2.45, 2.75) is 26.4 Å². The number of amides is 1. The number of hydrogen-bond donors (Lipinski definition) is 2. The lowest BCUT2D eigenvalue weighted by molar-refractivity contribution is -0.384. The second-order valence-electron chi connectivity index (χ2n) is 7.37. The third kappa shape index (κ3) is 5.51. The number of nitrogens with zero attached hydrogens (tertiary/aromatic N) is 3. The van der Waals surface area contributed by atoms with Crippen LogP contribution in [0.3, 0.4) is 0 Å². The number of nitro groups is 1. The van der Waals surface area contributed by atoms with Gasteiger partial charge in [0.2, 0.25) is 5.82 Å². The van der Waals surface area contributed by atoms with Gasteiger partial charge in [0.15, 0.2) is 0 Å². The van der Waals surface area contributed by atoms with Crippen LogP contribution < -0.4 is 10.6 Å². The molecule has 2 heterocycles. The van der Waals surface area contributed by atoms with E-state index in [1.165, 1.54) is 12.3 Å². The van der Waals surface area contributed by atoms with Crippen LogP contribution in [-0.4, -0.2) is 26.6 Å². The Hall–Kier alpha value is -4.01. The molecule has 0 aliphatic rings. The van der Waals surface area contributed by atoms with E-state index >= 15 is 0 Å². The molecule has 0 atom stereocenters. The van der Waals surface area contributed by atoms with Gasteiger partial charge >= 0.3 is 11.8 Å². The first-order chi connectivity index (χ1) is 14.2. The molecule has 1 amide bonds. The predicted molar refractivity (Wildman–Crippen MR) is 114 cm³/mol. The van der Waals surface area contributed by atoms with E-state index in [9.17, 15) is 14.9 Å². The highest BCUT2D eigenvalue weighted by Crippen LogP contribution is 2.29. The average Bonchev–Trinajstić information content (AvgIpc) is 2.68. The van der Waals surface area contributed by atoms with E-state index in [1.807, 2.05) is 30.3 Å². The van der Waals surface area contributed by atoms with Crippen LogP contribution in [0, 0.1) is 10.1 Å². The summed E-state index contributed by atoms with van der Waals surface area (Å²) < 4.78 is 5.17. The lowest BCUT2D eigenvalue weighted by Crippen LogP contribution is -2.27. The molecule has 0 saturated carbocycles. The maximum absolute atomic E-state index is 11.8. The van der Waals surface area contributed by atoms with Crippen molar-refractivity contribution in [2.75, 3.05) is 10.6 Å². The summed E-state index contributed by atoms with van der Waals surface area (Å²) in [6.07, 6.45) is 0.816. The van der Waals surface area contributed by atoms with Gasteiger partial charge in [0, 0.05) is 11.6 Å². The van der Waals surface area contributed by atoms with Crippen molar-refractivity contribution in [3.63, 3.8) is 0 Å². The van der Waals surface area contributed by atoms with Gasteiger partial charge in [0.05, 0.1) is 22.5 Å². The summed E-state index contributed by atoms with van der Waals surface area (Å²) in [5, 5.41) is 16.8. The topological polar surface area (TPSA) is 119 Å². The van der Waals surface area contributed by atoms with E-state index in [2.05, 4.69) is 20.6 Å². The second kappa shape index (κ2) is 8.56. The molecular formula is C21H21N5O4. The fourth-order valence-electron chi connectivity index (χ4n) is 2.55. The molecule has 0 saturated heterocycles. The highest BCUT2D eigenvalue weighted by atomic mass is 16.6. The van der Waals surface area contributed by atoms with Crippen molar-refractivity contribution in [3.05, 3.63) is 70.9 Å². The molecule has 1 aromatic carbocycles. The zero-order chi connectivity index (χ0) is 21.7. The molecule has 0 unspecified atom stereocenters. The van der Waals surface area contributed by atoms with Crippen LogP contribution in [0.5, 0.6) is 0 Å². The highest BCUT2D eigenvalue weighted by Gasteiger charge is 2.18. The molecular weight excluding hydrogens is 386 g/mol. The van der Waals surface area contributed by atoms with Gasteiger partial charge in [-0.25, -0.2) is 14.8 Å². The van der Waals surface area contributed by atoms with E-state index in [1.54, 1.807) is 39.0 Å². The fraction of sp³-hybridized carbons (Fsp3) is 0.190. The minimum Gasteiger partial charge on any atom is -0.444 e. The first-order valence-corrected chi connectivity index (χ1v) is 9.15. The first kappa shape index (κ1) is 20.7. The second-order valence-corrected chi connectivity index (χ2v) is 7.37. The maximum Gasteiger partial charge on any atom is 0.413 e. The Morgan fingerprint density at radius 1 is 1.07 bits per heavy atom. The standard InChI is InChI=1S/C21H21N5O4/c1-21(2,3)30-20(27)25-18-12-9-15(13-22-18)23-19-17(26(28)29)11-10-16(24-19)14-7-5-4-6-8-14/h4-13H,1-3H3,(H,23,24)(H,22,25,27). The SMILES string of the molecule is CC(C)(C)OC(=O)Nc1ccc(Nc2nc(-c3ccccc3)ccc2[N+](=O)[O-])cn1. The molecule has 154 valence electrons. The Morgan fingerprint density at radius 2 is 1.80 bits per heavy atom. The van der Waals surface area contributed by atoms with Crippen molar-refractivity contribution in [3.8, 4) is 11.3 Å². The summed E-state index contributed by atoms with van der Waals surface area (Å²) >= 11 is 0. The molecule has 0 radical (unpaired) electrons. The Balaban J connectivity index is 1.79. The van der Waals surface area contributed by atoms with E-state index in [0.717, 1.165) is 5.56 Å². The van der Waals surface area contributed by atoms with Crippen LogP contribution in [0.25, 0.3) is 11.3 Å². The van der Waals surface area contributed by atoms with Gasteiger partial charge < -0.3 is 10.1 Å². The van der Waals surface area contributed by atoms with Crippen molar-refractivity contribution >= 4 is 29.1 Å². The number of carbonyl (C=O) groups excluding carboxylic acids is 1. The Kier molecular flexibility index (Phi) is 5.91. The summed E-state index contributed by atoms with van der Waals surface area (Å²) in [4.78, 5) is 31.2. The highest BCUT2D eigenvalue weighted by molar-refractivity contribution is 5.83. The number of hydrogen-bond acceptors (Lipinski definition) is 7. The smallest absolute Gasteiger partial charge is 0.413 e. The maximum atomic E-state index is 11.8. The number of ether oxygens (including phenoxy) is 1. The van der Waals surface area contributed by atoms with E-state index < -0.39 is 16.6 Å². The van der Waals surface area contributed by atoms with Gasteiger partial charge in [-0.1, -0.05) is 30.3 Å². The van der Waals surface area contributed by atoms with Crippen LogP contribution in [0.2, 0.25) is 0 Å². The zero-order valence-electron chi connectivity index (χ0n) is 16.7. The molecule has 9 heteroatoms. The third-order valence-electron chi connectivity index (χ3n) is 3.80. The summed E-state index contributed by atoms with van der Waals surface area (Å²) in [7, 11) is 0. The Morgan fingerprint density at radius 3 is 2.40 bits per heavy atom. The molecule has 2 N–H and O–H groups in total. The van der Waals surface area contributed by atoms with Gasteiger partial charge in [-0.2, -0.15) is 0 Å². The van der Waals surface area contributed by atoms with Crippen LogP contribution in [0.4, 0.5) is 27.8 Å². The lowest BCUT2D eigenvalue weighted by Gasteiger charge is -2.19. The van der Waals surface area contributed by atoms with Crippen molar-refractivity contribution in [1.29, 1.82) is 0 Å². The normalized spacial score (nSPS) is 10.9. The minimum atomic E-state index is -0.625. The van der Waals surface area contributed by atoms with E-state index in [0.29, 0.717) is 11.4 Å². The zero-order valence-corrected chi connectivity index (χ0v) is 16.7. The number of anilines is 3. The van der Waals surface area contributed by atoms with Crippen LogP contribution in [0.1, 0.15) is 20.8 Å². The van der Waals surface area contributed by atoms with Gasteiger partial charge in [-0.15, -0.1) is 0 Å². The number of rotatable bonds is 5. The summed E-state index contributed by atoms with van der Waals surface area (Å²) in [6, 6.07) is 15.5. The van der Waals surface area contributed by atoms with Gasteiger partial charge in [-0.3, -0.25) is 15.4 Å². The van der Waals surface area contributed by atoms with E-state index in [4.69, 9.17) is 4.74 Å². The molecule has 0 aliphatic carbocycles. The molecule has 30 heavy (non-hydrogen) atoms. The quantitative estimate of drug-likeness (QED) is 0.444. The van der Waals surface area contributed by atoms with Gasteiger partial charge in [0.1, 0.15) is 11.4 Å². The monoisotopic (exact) mass is 407 g/mol. The van der Waals surface area contributed by atoms with Crippen LogP contribution >= 0.6 is 0 Å². The number of carbonyl (C=O) groups is 1. The molecule has 2 aromatic heterocycles. The molecule has 9 nitrogen and oxygen atoms in total. The molecule has 3 aromatic rings. The van der Waals surface area contributed by atoms with Crippen molar-refractivity contribution in [2.24, 2.45) is 0 Å². The van der Waals surface area contributed by atoms with Crippen molar-refractivity contribution in [1.82, 2.24) is 9.97 Å². The molecule has 0 bridgehead atoms. The summed E-state index contributed by atoms with van der Waals surface area (Å²) in [6.45, 7) is 5.28. The minimum absolute atomic E-state index is 0.0935.